The molecule has 0 aromatic heterocycles. The largest absolute Gasteiger partial charge is 0.356 e. The molecule has 2 aliphatic heterocycles. The third kappa shape index (κ3) is 7.00. The summed E-state index contributed by atoms with van der Waals surface area (Å²) in [5.74, 6) is 2.08. The van der Waals surface area contributed by atoms with Crippen LogP contribution in [0.4, 0.5) is 11.4 Å². The van der Waals surface area contributed by atoms with E-state index in [-0.39, 0.29) is 16.2 Å². The Kier molecular flexibility index (Phi) is 9.93. The number of fused-ring (bicyclic) bond motifs is 4. The second-order valence-electron chi connectivity index (χ2n) is 15.2. The third-order valence-corrected chi connectivity index (χ3v) is 12.1. The Balaban J connectivity index is 1.13. The van der Waals surface area contributed by atoms with Crippen molar-refractivity contribution in [3.63, 3.8) is 0 Å². The van der Waals surface area contributed by atoms with Crippen LogP contribution in [0.3, 0.4) is 0 Å². The highest BCUT2D eigenvalue weighted by Gasteiger charge is 2.43. The Labute approximate surface area is 292 Å². The van der Waals surface area contributed by atoms with Gasteiger partial charge in [0.1, 0.15) is 6.54 Å². The lowest BCUT2D eigenvalue weighted by Gasteiger charge is -2.27. The van der Waals surface area contributed by atoms with Gasteiger partial charge in [-0.2, -0.15) is 13.0 Å². The van der Waals surface area contributed by atoms with Crippen molar-refractivity contribution < 1.29 is 22.3 Å². The van der Waals surface area contributed by atoms with Crippen LogP contribution < -0.4 is 10.2 Å². The summed E-state index contributed by atoms with van der Waals surface area (Å²) in [6.07, 6.45) is 20.8. The zero-order valence-electron chi connectivity index (χ0n) is 29.7. The summed E-state index contributed by atoms with van der Waals surface area (Å²) >= 11 is 0. The minimum atomic E-state index is -4.33. The average Bonchev–Trinajstić information content (AvgIpc) is 3.79. The summed E-state index contributed by atoms with van der Waals surface area (Å²) in [4.78, 5) is 14.8. The second kappa shape index (κ2) is 13.9. The summed E-state index contributed by atoms with van der Waals surface area (Å²) in [5.41, 5.74) is 6.16. The van der Waals surface area contributed by atoms with Gasteiger partial charge in [-0.15, -0.1) is 0 Å². The van der Waals surface area contributed by atoms with E-state index in [1.807, 2.05) is 0 Å². The van der Waals surface area contributed by atoms with E-state index in [4.69, 9.17) is 0 Å². The number of allylic oxidation sites excluding steroid dienone is 8. The van der Waals surface area contributed by atoms with E-state index in [1.165, 1.54) is 35.9 Å². The first kappa shape index (κ1) is 35.1. The van der Waals surface area contributed by atoms with Crippen molar-refractivity contribution in [2.75, 3.05) is 24.5 Å². The maximum absolute atomic E-state index is 12.6. The van der Waals surface area contributed by atoms with Gasteiger partial charge in [-0.3, -0.25) is 9.35 Å². The van der Waals surface area contributed by atoms with Crippen LogP contribution in [0.1, 0.15) is 84.3 Å². The molecule has 1 saturated carbocycles. The van der Waals surface area contributed by atoms with Crippen LogP contribution in [0.2, 0.25) is 0 Å². The van der Waals surface area contributed by atoms with Crippen molar-refractivity contribution in [3.8, 4) is 0 Å². The molecule has 0 radical (unpaired) electrons. The number of unbranched alkanes of at least 4 members (excludes halogenated alkanes) is 2. The topological polar surface area (TPSA) is 89.7 Å². The zero-order chi connectivity index (χ0) is 35.0. The second-order valence-corrected chi connectivity index (χ2v) is 16.6. The molecule has 2 N–H and O–H groups in total. The molecule has 6 rings (SSSR count). The number of anilines is 1. The molecule has 1 unspecified atom stereocenters. The van der Waals surface area contributed by atoms with Gasteiger partial charge < -0.3 is 10.2 Å². The quantitative estimate of drug-likeness (QED) is 0.0735. The van der Waals surface area contributed by atoms with Gasteiger partial charge in [-0.05, 0) is 94.0 Å². The number of hydrogen-bond acceptors (Lipinski definition) is 4. The van der Waals surface area contributed by atoms with Gasteiger partial charge >= 0.3 is 0 Å². The molecule has 7 nitrogen and oxygen atoms in total. The smallest absolute Gasteiger partial charge is 0.294 e. The van der Waals surface area contributed by atoms with Crippen molar-refractivity contribution in [2.24, 2.45) is 17.8 Å². The standard InChI is InChI=1S/C41H51N3O4S/c1-6-43-35-16-13-12-15-33(35)40(2,3)37(43)17-9-7-10-18-38-41(4,5)34-27-32(49(46,47)48)22-23-36(34)44(38)24-14-8-11-19-39(45)42-28-31-26-29-20-21-30(31)25-29/h7,9-10,12-13,15-18,20-23,27,29-31H,6,8,11,14,19,24-26,28H2,1-5H3,(H-,42,45,46,47,48)/p+1/t29?,30-,31-/m0/s1. The van der Waals surface area contributed by atoms with Crippen molar-refractivity contribution in [1.29, 1.82) is 0 Å². The molecular formula is C41H52N3O4S+. The van der Waals surface area contributed by atoms with Crippen LogP contribution >= 0.6 is 0 Å². The van der Waals surface area contributed by atoms with E-state index >= 15 is 0 Å². The number of rotatable bonds is 13. The molecule has 2 bridgehead atoms. The van der Waals surface area contributed by atoms with Crippen molar-refractivity contribution in [3.05, 3.63) is 102 Å². The molecule has 2 heterocycles. The molecule has 49 heavy (non-hydrogen) atoms. The minimum Gasteiger partial charge on any atom is -0.356 e. The SMILES string of the molecule is CC[N+]1=C(/C=C/C=C/C=C2/N(CCCCCC(=O)NC[C@@H]3CC4C=C[C@H]3C4)c3ccc(S(=O)(=O)O)cc3C2(C)C)C(C)(C)c2ccccc21. The molecule has 3 atom stereocenters. The van der Waals surface area contributed by atoms with Gasteiger partial charge in [0.2, 0.25) is 11.6 Å². The van der Waals surface area contributed by atoms with Gasteiger partial charge in [-0.25, -0.2) is 0 Å². The van der Waals surface area contributed by atoms with Crippen LogP contribution in [0.15, 0.2) is 95.6 Å². The summed E-state index contributed by atoms with van der Waals surface area (Å²) in [7, 11) is -4.33. The van der Waals surface area contributed by atoms with Crippen molar-refractivity contribution in [2.45, 2.75) is 88.9 Å². The van der Waals surface area contributed by atoms with Crippen LogP contribution in [-0.4, -0.2) is 48.8 Å². The Bertz CT molecular complexity index is 1860. The van der Waals surface area contributed by atoms with Crippen LogP contribution in [0.25, 0.3) is 0 Å². The van der Waals surface area contributed by atoms with Crippen molar-refractivity contribution >= 4 is 33.1 Å². The minimum absolute atomic E-state index is 0.0934. The van der Waals surface area contributed by atoms with Gasteiger partial charge in [0.25, 0.3) is 10.1 Å². The predicted molar refractivity (Wildman–Crippen MR) is 198 cm³/mol. The highest BCUT2D eigenvalue weighted by atomic mass is 32.2. The molecule has 8 heteroatoms. The van der Waals surface area contributed by atoms with Crippen molar-refractivity contribution in [1.82, 2.24) is 5.32 Å². The number of nitrogens with one attached hydrogen (secondary N) is 1. The highest BCUT2D eigenvalue weighted by molar-refractivity contribution is 7.85. The fourth-order valence-corrected chi connectivity index (χ4v) is 9.10. The predicted octanol–water partition coefficient (Wildman–Crippen LogP) is 8.01. The van der Waals surface area contributed by atoms with E-state index in [9.17, 15) is 17.8 Å². The Morgan fingerprint density at radius 3 is 2.49 bits per heavy atom. The highest BCUT2D eigenvalue weighted by Crippen LogP contribution is 2.49. The Morgan fingerprint density at radius 2 is 1.78 bits per heavy atom. The van der Waals surface area contributed by atoms with Gasteiger partial charge in [0.15, 0.2) is 5.71 Å². The van der Waals surface area contributed by atoms with E-state index in [0.29, 0.717) is 24.2 Å². The number of amides is 1. The molecule has 0 spiro atoms. The molecule has 1 fully saturated rings. The molecule has 1 amide bonds. The lowest BCUT2D eigenvalue weighted by molar-refractivity contribution is -0.433. The lowest BCUT2D eigenvalue weighted by Crippen LogP contribution is -2.30. The third-order valence-electron chi connectivity index (χ3n) is 11.3. The summed E-state index contributed by atoms with van der Waals surface area (Å²) in [6.45, 7) is 13.3. The normalized spacial score (nSPS) is 24.2. The average molecular weight is 683 g/mol. The number of para-hydroxylation sites is 1. The Morgan fingerprint density at radius 1 is 0.980 bits per heavy atom. The summed E-state index contributed by atoms with van der Waals surface area (Å²) in [6, 6.07) is 13.5. The van der Waals surface area contributed by atoms with Gasteiger partial charge in [0, 0.05) is 54.0 Å². The van der Waals surface area contributed by atoms with Crippen LogP contribution in [-0.2, 0) is 25.7 Å². The summed E-state index contributed by atoms with van der Waals surface area (Å²) in [5, 5.41) is 3.18. The number of hydrogen-bond donors (Lipinski definition) is 2. The first-order chi connectivity index (χ1) is 23.3. The fourth-order valence-electron chi connectivity index (χ4n) is 8.59. The van der Waals surface area contributed by atoms with E-state index < -0.39 is 15.5 Å². The maximum atomic E-state index is 12.6. The number of benzene rings is 2. The molecule has 2 aromatic carbocycles. The number of nitrogens with zero attached hydrogens (tertiary/aromatic N) is 2. The van der Waals surface area contributed by atoms with Crippen LogP contribution in [0, 0.1) is 17.8 Å². The molecule has 2 aliphatic carbocycles. The molecule has 260 valence electrons. The van der Waals surface area contributed by atoms with E-state index in [2.05, 4.69) is 116 Å². The van der Waals surface area contributed by atoms with Gasteiger partial charge in [0.05, 0.1) is 10.3 Å². The van der Waals surface area contributed by atoms with Gasteiger partial charge in [-0.1, -0.05) is 68.8 Å². The first-order valence-corrected chi connectivity index (χ1v) is 19.4. The zero-order valence-corrected chi connectivity index (χ0v) is 30.5. The molecule has 4 aliphatic rings. The number of carbonyl (C=O) groups is 1. The maximum Gasteiger partial charge on any atom is 0.294 e. The Hall–Kier alpha value is -3.75. The van der Waals surface area contributed by atoms with E-state index in [0.717, 1.165) is 55.8 Å². The summed E-state index contributed by atoms with van der Waals surface area (Å²) < 4.78 is 36.3. The molecular weight excluding hydrogens is 631 g/mol. The van der Waals surface area contributed by atoms with Crippen LogP contribution in [0.5, 0.6) is 0 Å². The molecule has 0 saturated heterocycles. The lowest BCUT2D eigenvalue weighted by atomic mass is 9.81. The number of carbonyl (C=O) groups excluding carboxylic acids is 1. The van der Waals surface area contributed by atoms with E-state index in [1.54, 1.807) is 12.1 Å². The molecule has 2 aromatic rings. The monoisotopic (exact) mass is 682 g/mol. The first-order valence-electron chi connectivity index (χ1n) is 18.0. The fraction of sp³-hybridized carbons (Fsp3) is 0.463.